The molecule has 7 nitrogen and oxygen atoms in total. The van der Waals surface area contributed by atoms with Gasteiger partial charge in [0.25, 0.3) is 5.56 Å². The van der Waals surface area contributed by atoms with Crippen LogP contribution in [0.15, 0.2) is 33.2 Å². The summed E-state index contributed by atoms with van der Waals surface area (Å²) < 4.78 is 15.4. The Labute approximate surface area is 150 Å². The molecule has 1 aromatic carbocycles. The highest BCUT2D eigenvalue weighted by Crippen LogP contribution is 2.29. The van der Waals surface area contributed by atoms with Gasteiger partial charge in [0.2, 0.25) is 0 Å². The number of nitrogens with zero attached hydrogens (tertiary/aromatic N) is 3. The molecule has 0 spiro atoms. The van der Waals surface area contributed by atoms with E-state index < -0.39 is 17.1 Å². The van der Waals surface area contributed by atoms with Crippen LogP contribution in [0, 0.1) is 5.82 Å². The van der Waals surface area contributed by atoms with Crippen LogP contribution in [0.25, 0.3) is 11.3 Å². The molecule has 0 aliphatic rings. The maximum absolute atomic E-state index is 13.2. The SMILES string of the molecule is Cn1c(N)c(-c2csc(Nc3ccc(F)c(Cl)c3)n2)c(=O)n(C)c1=O. The first kappa shape index (κ1) is 17.2. The highest BCUT2D eigenvalue weighted by molar-refractivity contribution is 7.14. The summed E-state index contributed by atoms with van der Waals surface area (Å²) in [6, 6.07) is 4.18. The van der Waals surface area contributed by atoms with Crippen LogP contribution in [-0.2, 0) is 14.1 Å². The number of hydrogen-bond acceptors (Lipinski definition) is 6. The van der Waals surface area contributed by atoms with E-state index in [1.54, 1.807) is 5.38 Å². The van der Waals surface area contributed by atoms with Crippen molar-refractivity contribution in [1.29, 1.82) is 0 Å². The summed E-state index contributed by atoms with van der Waals surface area (Å²) in [5.74, 6) is -0.483. The number of nitrogen functional groups attached to an aromatic ring is 1. The second-order valence-corrected chi connectivity index (χ2v) is 6.52. The molecule has 0 bridgehead atoms. The van der Waals surface area contributed by atoms with Crippen LogP contribution < -0.4 is 22.3 Å². The minimum absolute atomic E-state index is 0.0158. The van der Waals surface area contributed by atoms with Gasteiger partial charge in [-0.2, -0.15) is 0 Å². The number of nitrogens with two attached hydrogens (primary N) is 1. The lowest BCUT2D eigenvalue weighted by molar-refractivity contribution is 0.628. The van der Waals surface area contributed by atoms with Gasteiger partial charge in [-0.15, -0.1) is 11.3 Å². The molecular weight excluding hydrogens is 369 g/mol. The molecule has 0 atom stereocenters. The number of aromatic nitrogens is 3. The summed E-state index contributed by atoms with van der Waals surface area (Å²) >= 11 is 6.98. The Morgan fingerprint density at radius 2 is 2.00 bits per heavy atom. The second kappa shape index (κ2) is 6.34. The quantitative estimate of drug-likeness (QED) is 0.726. The van der Waals surface area contributed by atoms with Gasteiger partial charge < -0.3 is 11.1 Å². The van der Waals surface area contributed by atoms with E-state index in [0.29, 0.717) is 16.5 Å². The number of nitrogens with one attached hydrogen (secondary N) is 1. The Hall–Kier alpha value is -2.65. The topological polar surface area (TPSA) is 94.9 Å². The molecule has 2 aromatic heterocycles. The Bertz CT molecular complexity index is 1090. The van der Waals surface area contributed by atoms with Crippen molar-refractivity contribution in [1.82, 2.24) is 14.1 Å². The van der Waals surface area contributed by atoms with Gasteiger partial charge in [-0.1, -0.05) is 11.6 Å². The standard InChI is InChI=1S/C15H13ClFN5O2S/c1-21-12(18)11(13(23)22(2)15(21)24)10-6-25-14(20-10)19-7-3-4-9(17)8(16)5-7/h3-6H,18H2,1-2H3,(H,19,20). The summed E-state index contributed by atoms with van der Waals surface area (Å²) in [5.41, 5.74) is 5.92. The average molecular weight is 382 g/mol. The van der Waals surface area contributed by atoms with E-state index in [4.69, 9.17) is 17.3 Å². The predicted molar refractivity (Wildman–Crippen MR) is 97.1 cm³/mol. The summed E-state index contributed by atoms with van der Waals surface area (Å²) in [5, 5.41) is 5.07. The first-order chi connectivity index (χ1) is 11.8. The normalized spacial score (nSPS) is 10.9. The molecule has 3 N–H and O–H groups in total. The Morgan fingerprint density at radius 3 is 2.68 bits per heavy atom. The lowest BCUT2D eigenvalue weighted by Crippen LogP contribution is -2.39. The highest BCUT2D eigenvalue weighted by Gasteiger charge is 2.18. The van der Waals surface area contributed by atoms with Gasteiger partial charge in [0.05, 0.1) is 10.7 Å². The summed E-state index contributed by atoms with van der Waals surface area (Å²) in [4.78, 5) is 28.6. The number of halogens is 2. The molecule has 130 valence electrons. The summed E-state index contributed by atoms with van der Waals surface area (Å²) in [6.07, 6.45) is 0. The molecule has 0 amide bonds. The van der Waals surface area contributed by atoms with E-state index in [0.717, 1.165) is 4.57 Å². The fraction of sp³-hybridized carbons (Fsp3) is 0.133. The molecular formula is C15H13ClFN5O2S. The molecule has 25 heavy (non-hydrogen) atoms. The molecule has 2 heterocycles. The first-order valence-electron chi connectivity index (χ1n) is 7.03. The van der Waals surface area contributed by atoms with Crippen molar-refractivity contribution in [3.63, 3.8) is 0 Å². The maximum atomic E-state index is 13.2. The maximum Gasteiger partial charge on any atom is 0.332 e. The lowest BCUT2D eigenvalue weighted by atomic mass is 10.2. The van der Waals surface area contributed by atoms with Crippen molar-refractivity contribution < 1.29 is 4.39 Å². The van der Waals surface area contributed by atoms with Crippen molar-refractivity contribution in [2.24, 2.45) is 14.1 Å². The third-order valence-electron chi connectivity index (χ3n) is 3.64. The number of rotatable bonds is 3. The van der Waals surface area contributed by atoms with Gasteiger partial charge in [-0.3, -0.25) is 13.9 Å². The second-order valence-electron chi connectivity index (χ2n) is 5.26. The molecule has 0 fully saturated rings. The van der Waals surface area contributed by atoms with E-state index in [2.05, 4.69) is 10.3 Å². The first-order valence-corrected chi connectivity index (χ1v) is 8.29. The number of hydrogen-bond donors (Lipinski definition) is 2. The van der Waals surface area contributed by atoms with Crippen LogP contribution in [0.4, 0.5) is 21.0 Å². The molecule has 10 heteroatoms. The van der Waals surface area contributed by atoms with Crippen LogP contribution in [-0.4, -0.2) is 14.1 Å². The fourth-order valence-corrected chi connectivity index (χ4v) is 3.15. The highest BCUT2D eigenvalue weighted by atomic mass is 35.5. The van der Waals surface area contributed by atoms with Crippen LogP contribution in [0.1, 0.15) is 0 Å². The van der Waals surface area contributed by atoms with Crippen molar-refractivity contribution in [3.05, 3.63) is 55.3 Å². The molecule has 0 unspecified atom stereocenters. The predicted octanol–water partition coefficient (Wildman–Crippen LogP) is 2.33. The van der Waals surface area contributed by atoms with Crippen LogP contribution in [0.5, 0.6) is 0 Å². The zero-order chi connectivity index (χ0) is 18.3. The Morgan fingerprint density at radius 1 is 1.28 bits per heavy atom. The summed E-state index contributed by atoms with van der Waals surface area (Å²) in [7, 11) is 2.85. The minimum Gasteiger partial charge on any atom is -0.384 e. The molecule has 0 saturated heterocycles. The minimum atomic E-state index is -0.526. The van der Waals surface area contributed by atoms with E-state index in [-0.39, 0.29) is 16.4 Å². The number of anilines is 3. The number of benzene rings is 1. The van der Waals surface area contributed by atoms with Crippen LogP contribution in [0.3, 0.4) is 0 Å². The van der Waals surface area contributed by atoms with Gasteiger partial charge in [0.15, 0.2) is 5.13 Å². The average Bonchev–Trinajstić information content (AvgIpc) is 3.03. The molecule has 3 rings (SSSR count). The third-order valence-corrected chi connectivity index (χ3v) is 4.69. The van der Waals surface area contributed by atoms with Crippen molar-refractivity contribution in [2.45, 2.75) is 0 Å². The number of thiazole rings is 1. The van der Waals surface area contributed by atoms with E-state index in [1.165, 1.54) is 48.2 Å². The Kier molecular flexibility index (Phi) is 4.36. The van der Waals surface area contributed by atoms with Gasteiger partial charge in [0.1, 0.15) is 17.2 Å². The van der Waals surface area contributed by atoms with Gasteiger partial charge in [-0.25, -0.2) is 14.2 Å². The monoisotopic (exact) mass is 381 g/mol. The van der Waals surface area contributed by atoms with Crippen molar-refractivity contribution in [2.75, 3.05) is 11.1 Å². The van der Waals surface area contributed by atoms with E-state index in [1.807, 2.05) is 0 Å². The Balaban J connectivity index is 2.01. The lowest BCUT2D eigenvalue weighted by Gasteiger charge is -2.09. The summed E-state index contributed by atoms with van der Waals surface area (Å²) in [6.45, 7) is 0. The van der Waals surface area contributed by atoms with Crippen molar-refractivity contribution >= 4 is 39.6 Å². The zero-order valence-electron chi connectivity index (χ0n) is 13.2. The van der Waals surface area contributed by atoms with E-state index >= 15 is 0 Å². The molecule has 0 saturated carbocycles. The fourth-order valence-electron chi connectivity index (χ4n) is 2.24. The van der Waals surface area contributed by atoms with Gasteiger partial charge >= 0.3 is 5.69 Å². The third kappa shape index (κ3) is 3.03. The van der Waals surface area contributed by atoms with Gasteiger partial charge in [0, 0.05) is 25.2 Å². The smallest absolute Gasteiger partial charge is 0.332 e. The van der Waals surface area contributed by atoms with E-state index in [9.17, 15) is 14.0 Å². The largest absolute Gasteiger partial charge is 0.384 e. The van der Waals surface area contributed by atoms with Gasteiger partial charge in [-0.05, 0) is 18.2 Å². The molecule has 3 aromatic rings. The van der Waals surface area contributed by atoms with Crippen LogP contribution >= 0.6 is 22.9 Å². The molecule has 0 radical (unpaired) electrons. The zero-order valence-corrected chi connectivity index (χ0v) is 14.8. The van der Waals surface area contributed by atoms with Crippen molar-refractivity contribution in [3.8, 4) is 11.3 Å². The van der Waals surface area contributed by atoms with Crippen LogP contribution in [0.2, 0.25) is 5.02 Å². The molecule has 0 aliphatic heterocycles. The molecule has 0 aliphatic carbocycles.